The molecule has 4 nitrogen and oxygen atoms in total. The van der Waals surface area contributed by atoms with Gasteiger partial charge in [-0.15, -0.1) is 0 Å². The van der Waals surface area contributed by atoms with Gasteiger partial charge in [-0.2, -0.15) is 0 Å². The molecule has 0 bridgehead atoms. The van der Waals surface area contributed by atoms with Crippen LogP contribution >= 0.6 is 23.2 Å². The second-order valence-corrected chi connectivity index (χ2v) is 4.79. The van der Waals surface area contributed by atoms with Crippen LogP contribution in [0.4, 0.5) is 0 Å². The fourth-order valence-corrected chi connectivity index (χ4v) is 2.03. The summed E-state index contributed by atoms with van der Waals surface area (Å²) in [5.74, 6) is -0.496. The van der Waals surface area contributed by atoms with Gasteiger partial charge in [-0.1, -0.05) is 28.4 Å². The van der Waals surface area contributed by atoms with Gasteiger partial charge in [-0.05, 0) is 18.2 Å². The zero-order valence-corrected chi connectivity index (χ0v) is 11.3. The van der Waals surface area contributed by atoms with Gasteiger partial charge in [-0.3, -0.25) is 0 Å². The fraction of sp³-hybridized carbons (Fsp3) is 0.167. The van der Waals surface area contributed by atoms with E-state index in [-0.39, 0.29) is 0 Å². The standard InChI is InChI=1S/C12H10Cl2N2O2/c1-16(2)6-9-11(15-18-12(9)17)8-4-3-7(13)5-10(8)14/h3-6H,1-2H3. The van der Waals surface area contributed by atoms with E-state index in [0.29, 0.717) is 26.9 Å². The zero-order chi connectivity index (χ0) is 13.3. The highest BCUT2D eigenvalue weighted by atomic mass is 35.5. The van der Waals surface area contributed by atoms with Gasteiger partial charge in [0.15, 0.2) is 0 Å². The van der Waals surface area contributed by atoms with Crippen molar-refractivity contribution in [2.45, 2.75) is 0 Å². The Morgan fingerprint density at radius 3 is 2.67 bits per heavy atom. The molecular weight excluding hydrogens is 275 g/mol. The number of nitrogens with zero attached hydrogens (tertiary/aromatic N) is 2. The number of carbonyl (C=O) groups is 1. The third-order valence-corrected chi connectivity index (χ3v) is 2.82. The summed E-state index contributed by atoms with van der Waals surface area (Å²) in [6, 6.07) is 4.98. The summed E-state index contributed by atoms with van der Waals surface area (Å²) in [7, 11) is 3.61. The highest BCUT2D eigenvalue weighted by Gasteiger charge is 2.28. The van der Waals surface area contributed by atoms with Gasteiger partial charge in [0.05, 0.1) is 5.02 Å². The molecule has 0 aromatic heterocycles. The maximum Gasteiger partial charge on any atom is 0.369 e. The van der Waals surface area contributed by atoms with Crippen molar-refractivity contribution >= 4 is 34.9 Å². The Labute approximate surface area is 114 Å². The summed E-state index contributed by atoms with van der Waals surface area (Å²) in [4.78, 5) is 18.0. The molecule has 1 aliphatic heterocycles. The van der Waals surface area contributed by atoms with E-state index >= 15 is 0 Å². The molecular formula is C12H10Cl2N2O2. The topological polar surface area (TPSA) is 41.9 Å². The van der Waals surface area contributed by atoms with Crippen molar-refractivity contribution < 1.29 is 9.63 Å². The molecule has 18 heavy (non-hydrogen) atoms. The SMILES string of the molecule is CN(C)C=C1C(=O)ON=C1c1ccc(Cl)cc1Cl. The lowest BCUT2D eigenvalue weighted by molar-refractivity contribution is -0.136. The Morgan fingerprint density at radius 1 is 1.33 bits per heavy atom. The molecule has 0 radical (unpaired) electrons. The monoisotopic (exact) mass is 284 g/mol. The summed E-state index contributed by atoms with van der Waals surface area (Å²) < 4.78 is 0. The largest absolute Gasteiger partial charge is 0.383 e. The predicted octanol–water partition coefficient (Wildman–Crippen LogP) is 2.70. The molecule has 1 aromatic rings. The van der Waals surface area contributed by atoms with Crippen LogP contribution in [0.3, 0.4) is 0 Å². The third kappa shape index (κ3) is 2.49. The van der Waals surface area contributed by atoms with Gasteiger partial charge in [0, 0.05) is 30.9 Å². The second kappa shape index (κ2) is 5.00. The Bertz CT molecular complexity index is 565. The van der Waals surface area contributed by atoms with Crippen LogP contribution in [-0.2, 0) is 9.63 Å². The Balaban J connectivity index is 2.47. The van der Waals surface area contributed by atoms with Crippen molar-refractivity contribution in [1.29, 1.82) is 0 Å². The molecule has 1 aliphatic rings. The lowest BCUT2D eigenvalue weighted by atomic mass is 10.0. The van der Waals surface area contributed by atoms with E-state index in [0.717, 1.165) is 0 Å². The number of rotatable bonds is 2. The molecule has 0 saturated carbocycles. The minimum absolute atomic E-state index is 0.365. The van der Waals surface area contributed by atoms with Crippen molar-refractivity contribution in [3.05, 3.63) is 45.6 Å². The molecule has 0 saturated heterocycles. The van der Waals surface area contributed by atoms with E-state index in [9.17, 15) is 4.79 Å². The van der Waals surface area contributed by atoms with Crippen LogP contribution in [0.25, 0.3) is 0 Å². The van der Waals surface area contributed by atoms with Crippen LogP contribution in [0.1, 0.15) is 5.56 Å². The first-order valence-electron chi connectivity index (χ1n) is 5.12. The van der Waals surface area contributed by atoms with Gasteiger partial charge < -0.3 is 9.74 Å². The Hall–Kier alpha value is -1.52. The van der Waals surface area contributed by atoms with Gasteiger partial charge in [0.2, 0.25) is 0 Å². The third-order valence-electron chi connectivity index (χ3n) is 2.27. The first kappa shape index (κ1) is 12.9. The van der Waals surface area contributed by atoms with Crippen LogP contribution in [0.5, 0.6) is 0 Å². The Kier molecular flexibility index (Phi) is 3.59. The molecule has 0 unspecified atom stereocenters. The van der Waals surface area contributed by atoms with Crippen LogP contribution < -0.4 is 0 Å². The zero-order valence-electron chi connectivity index (χ0n) is 9.78. The lowest BCUT2D eigenvalue weighted by Gasteiger charge is -2.07. The summed E-state index contributed by atoms with van der Waals surface area (Å²) in [5, 5.41) is 4.70. The highest BCUT2D eigenvalue weighted by Crippen LogP contribution is 2.26. The summed E-state index contributed by atoms with van der Waals surface area (Å²) in [6.45, 7) is 0. The van der Waals surface area contributed by atoms with E-state index in [4.69, 9.17) is 23.2 Å². The summed E-state index contributed by atoms with van der Waals surface area (Å²) in [6.07, 6.45) is 1.64. The maximum absolute atomic E-state index is 11.6. The van der Waals surface area contributed by atoms with Crippen molar-refractivity contribution in [2.24, 2.45) is 5.16 Å². The molecule has 0 atom stereocenters. The minimum atomic E-state index is -0.496. The predicted molar refractivity (Wildman–Crippen MR) is 70.9 cm³/mol. The molecule has 6 heteroatoms. The number of carbonyl (C=O) groups excluding carboxylic acids is 1. The molecule has 2 rings (SSSR count). The number of hydrogen-bond acceptors (Lipinski definition) is 4. The molecule has 0 fully saturated rings. The molecule has 0 aliphatic carbocycles. The molecule has 0 N–H and O–H groups in total. The first-order chi connectivity index (χ1) is 8.49. The van der Waals surface area contributed by atoms with Gasteiger partial charge in [0.25, 0.3) is 0 Å². The summed E-state index contributed by atoms with van der Waals surface area (Å²) >= 11 is 11.9. The Morgan fingerprint density at radius 2 is 2.06 bits per heavy atom. The maximum atomic E-state index is 11.6. The minimum Gasteiger partial charge on any atom is -0.383 e. The highest BCUT2D eigenvalue weighted by molar-refractivity contribution is 6.40. The van der Waals surface area contributed by atoms with E-state index < -0.39 is 5.97 Å². The van der Waals surface area contributed by atoms with E-state index in [1.807, 2.05) is 0 Å². The quantitative estimate of drug-likeness (QED) is 0.619. The smallest absolute Gasteiger partial charge is 0.369 e. The van der Waals surface area contributed by atoms with E-state index in [1.54, 1.807) is 43.4 Å². The van der Waals surface area contributed by atoms with Crippen molar-refractivity contribution in [3.63, 3.8) is 0 Å². The average Bonchev–Trinajstić information content (AvgIpc) is 2.60. The van der Waals surface area contributed by atoms with Crippen molar-refractivity contribution in [1.82, 2.24) is 4.90 Å². The fourth-order valence-electron chi connectivity index (χ4n) is 1.53. The first-order valence-corrected chi connectivity index (χ1v) is 5.88. The van der Waals surface area contributed by atoms with Crippen molar-refractivity contribution in [3.8, 4) is 0 Å². The van der Waals surface area contributed by atoms with Gasteiger partial charge >= 0.3 is 5.97 Å². The number of halogens is 2. The van der Waals surface area contributed by atoms with Crippen LogP contribution in [0.2, 0.25) is 10.0 Å². The van der Waals surface area contributed by atoms with E-state index in [2.05, 4.69) is 9.99 Å². The van der Waals surface area contributed by atoms with Crippen molar-refractivity contribution in [2.75, 3.05) is 14.1 Å². The normalized spacial score (nSPS) is 16.8. The van der Waals surface area contributed by atoms with Crippen LogP contribution in [0, 0.1) is 0 Å². The molecule has 1 heterocycles. The van der Waals surface area contributed by atoms with Gasteiger partial charge in [0.1, 0.15) is 11.3 Å². The van der Waals surface area contributed by atoms with Crippen LogP contribution in [0.15, 0.2) is 35.1 Å². The van der Waals surface area contributed by atoms with Gasteiger partial charge in [-0.25, -0.2) is 4.79 Å². The summed E-state index contributed by atoms with van der Waals surface area (Å²) in [5.41, 5.74) is 1.39. The molecule has 0 amide bonds. The number of oxime groups is 1. The second-order valence-electron chi connectivity index (χ2n) is 3.95. The van der Waals surface area contributed by atoms with Crippen LogP contribution in [-0.4, -0.2) is 30.7 Å². The number of benzene rings is 1. The molecule has 1 aromatic carbocycles. The number of hydrogen-bond donors (Lipinski definition) is 0. The van der Waals surface area contributed by atoms with E-state index in [1.165, 1.54) is 0 Å². The molecule has 0 spiro atoms. The lowest BCUT2D eigenvalue weighted by Crippen LogP contribution is -2.13. The average molecular weight is 285 g/mol. The molecule has 94 valence electrons.